The number of pyridine rings is 1. The van der Waals surface area contributed by atoms with E-state index < -0.39 is 5.60 Å². The molecule has 0 unspecified atom stereocenters. The topological polar surface area (TPSA) is 79.4 Å². The molecule has 0 amide bonds. The monoisotopic (exact) mass is 518 g/mol. The summed E-state index contributed by atoms with van der Waals surface area (Å²) in [5.74, 6) is 2.16. The molecule has 8 nitrogen and oxygen atoms in total. The molecule has 2 aliphatic rings. The molecule has 0 aliphatic carbocycles. The first kappa shape index (κ1) is 26.0. The first-order valence-corrected chi connectivity index (χ1v) is 12.9. The van der Waals surface area contributed by atoms with Crippen LogP contribution in [0.15, 0.2) is 42.6 Å². The van der Waals surface area contributed by atoms with Crippen LogP contribution in [0, 0.1) is 0 Å². The van der Waals surface area contributed by atoms with Gasteiger partial charge in [-0.2, -0.15) is 0 Å². The second kappa shape index (κ2) is 11.0. The number of ketones is 1. The Labute approximate surface area is 223 Å². The lowest BCUT2D eigenvalue weighted by molar-refractivity contribution is 0.0357. The number of aromatic nitrogens is 1. The van der Waals surface area contributed by atoms with Crippen LogP contribution in [0.4, 0.5) is 0 Å². The van der Waals surface area contributed by atoms with E-state index in [0.29, 0.717) is 51.6 Å². The Morgan fingerprint density at radius 3 is 2.63 bits per heavy atom. The Kier molecular flexibility index (Phi) is 7.53. The zero-order valence-electron chi connectivity index (χ0n) is 22.4. The lowest BCUT2D eigenvalue weighted by Crippen LogP contribution is -2.37. The van der Waals surface area contributed by atoms with Crippen molar-refractivity contribution in [1.82, 2.24) is 9.88 Å². The van der Waals surface area contributed by atoms with E-state index in [2.05, 4.69) is 9.88 Å². The molecule has 8 heteroatoms. The smallest absolute Gasteiger partial charge is 0.197 e. The van der Waals surface area contributed by atoms with Crippen LogP contribution < -0.4 is 18.9 Å². The van der Waals surface area contributed by atoms with Gasteiger partial charge in [0.05, 0.1) is 50.7 Å². The van der Waals surface area contributed by atoms with Crippen LogP contribution in [-0.2, 0) is 4.74 Å². The largest absolute Gasteiger partial charge is 0.495 e. The highest BCUT2D eigenvalue weighted by Gasteiger charge is 2.27. The predicted molar refractivity (Wildman–Crippen MR) is 146 cm³/mol. The van der Waals surface area contributed by atoms with Gasteiger partial charge in [-0.3, -0.25) is 14.7 Å². The third-order valence-corrected chi connectivity index (χ3v) is 6.88. The summed E-state index contributed by atoms with van der Waals surface area (Å²) in [4.78, 5) is 20.7. The zero-order valence-corrected chi connectivity index (χ0v) is 22.4. The first-order valence-electron chi connectivity index (χ1n) is 12.9. The van der Waals surface area contributed by atoms with Gasteiger partial charge in [0, 0.05) is 42.8 Å². The molecule has 0 saturated carbocycles. The minimum atomic E-state index is -0.427. The normalized spacial score (nSPS) is 16.5. The number of carbonyl (C=O) groups is 1. The van der Waals surface area contributed by atoms with Gasteiger partial charge >= 0.3 is 0 Å². The summed E-state index contributed by atoms with van der Waals surface area (Å²) >= 11 is 0. The van der Waals surface area contributed by atoms with E-state index >= 15 is 0 Å². The second-order valence-electron chi connectivity index (χ2n) is 9.96. The molecule has 0 radical (unpaired) electrons. The van der Waals surface area contributed by atoms with Gasteiger partial charge < -0.3 is 23.7 Å². The van der Waals surface area contributed by atoms with Crippen molar-refractivity contribution in [2.45, 2.75) is 25.9 Å². The maximum absolute atomic E-state index is 13.8. The lowest BCUT2D eigenvalue weighted by atomic mass is 9.94. The van der Waals surface area contributed by atoms with Crippen molar-refractivity contribution in [2.75, 3.05) is 53.7 Å². The summed E-state index contributed by atoms with van der Waals surface area (Å²) in [6.45, 7) is 8.95. The summed E-state index contributed by atoms with van der Waals surface area (Å²) in [6.07, 6.45) is 6.44. The highest BCUT2D eigenvalue weighted by molar-refractivity contribution is 6.18. The van der Waals surface area contributed by atoms with Crippen molar-refractivity contribution >= 4 is 22.8 Å². The molecule has 2 aromatic carbocycles. The fourth-order valence-corrected chi connectivity index (χ4v) is 4.89. The van der Waals surface area contributed by atoms with Crippen LogP contribution in [0.5, 0.6) is 23.0 Å². The van der Waals surface area contributed by atoms with Crippen LogP contribution >= 0.6 is 0 Å². The number of fused-ring (bicyclic) bond motifs is 2. The second-order valence-corrected chi connectivity index (χ2v) is 9.96. The third-order valence-electron chi connectivity index (χ3n) is 6.88. The van der Waals surface area contributed by atoms with Crippen molar-refractivity contribution in [2.24, 2.45) is 0 Å². The van der Waals surface area contributed by atoms with Crippen molar-refractivity contribution in [3.8, 4) is 23.0 Å². The number of rotatable bonds is 9. The Hall–Kier alpha value is -3.62. The summed E-state index contributed by atoms with van der Waals surface area (Å²) in [5, 5.41) is 0.683. The van der Waals surface area contributed by atoms with E-state index in [4.69, 9.17) is 23.7 Å². The molecule has 0 N–H and O–H groups in total. The minimum absolute atomic E-state index is 0.170. The molecule has 0 bridgehead atoms. The van der Waals surface area contributed by atoms with Crippen LogP contribution in [0.1, 0.15) is 41.8 Å². The molecule has 38 heavy (non-hydrogen) atoms. The molecule has 0 spiro atoms. The number of carbonyl (C=O) groups excluding carboxylic acids is 1. The fourth-order valence-electron chi connectivity index (χ4n) is 4.89. The number of hydrogen-bond acceptors (Lipinski definition) is 8. The minimum Gasteiger partial charge on any atom is -0.495 e. The quantitative estimate of drug-likeness (QED) is 0.296. The molecule has 200 valence electrons. The zero-order chi connectivity index (χ0) is 26.7. The van der Waals surface area contributed by atoms with Crippen LogP contribution in [0.2, 0.25) is 0 Å². The fraction of sp³-hybridized carbons (Fsp3) is 0.400. The highest BCUT2D eigenvalue weighted by atomic mass is 16.5. The molecule has 2 aliphatic heterocycles. The van der Waals surface area contributed by atoms with Gasteiger partial charge in [-0.25, -0.2) is 0 Å². The van der Waals surface area contributed by atoms with E-state index in [1.54, 1.807) is 32.5 Å². The summed E-state index contributed by atoms with van der Waals surface area (Å²) in [6, 6.07) is 8.96. The highest BCUT2D eigenvalue weighted by Crippen LogP contribution is 2.40. The number of hydrogen-bond donors (Lipinski definition) is 0. The van der Waals surface area contributed by atoms with Gasteiger partial charge in [-0.1, -0.05) is 0 Å². The van der Waals surface area contributed by atoms with Crippen LogP contribution in [0.25, 0.3) is 17.0 Å². The van der Waals surface area contributed by atoms with Crippen LogP contribution in [0.3, 0.4) is 0 Å². The average molecular weight is 519 g/mol. The number of ether oxygens (including phenoxy) is 5. The van der Waals surface area contributed by atoms with E-state index in [0.717, 1.165) is 44.8 Å². The molecular weight excluding hydrogens is 484 g/mol. The Morgan fingerprint density at radius 2 is 1.87 bits per heavy atom. The molecule has 1 aromatic heterocycles. The van der Waals surface area contributed by atoms with E-state index in [1.807, 2.05) is 44.2 Å². The lowest BCUT2D eigenvalue weighted by Gasteiger charge is -2.29. The third kappa shape index (κ3) is 5.33. The van der Waals surface area contributed by atoms with Crippen molar-refractivity contribution in [3.63, 3.8) is 0 Å². The van der Waals surface area contributed by atoms with Gasteiger partial charge in [0.25, 0.3) is 0 Å². The maximum Gasteiger partial charge on any atom is 0.197 e. The number of morpholine rings is 1. The van der Waals surface area contributed by atoms with Gasteiger partial charge in [0.2, 0.25) is 0 Å². The SMILES string of the molecule is COc1cc2c(C(=O)c3ccc4c(c3OC)C=CC(C)(C)O4)ccnc2cc1OCCCN1CCOCC1. The molecule has 1 saturated heterocycles. The Balaban J connectivity index is 1.41. The van der Waals surface area contributed by atoms with Gasteiger partial charge in [0.15, 0.2) is 17.3 Å². The van der Waals surface area contributed by atoms with E-state index in [-0.39, 0.29) is 5.78 Å². The first-order chi connectivity index (χ1) is 18.4. The number of nitrogens with zero attached hydrogens (tertiary/aromatic N) is 2. The van der Waals surface area contributed by atoms with Gasteiger partial charge in [-0.05, 0) is 56.7 Å². The Morgan fingerprint density at radius 1 is 1.05 bits per heavy atom. The maximum atomic E-state index is 13.8. The van der Waals surface area contributed by atoms with Crippen molar-refractivity contribution in [1.29, 1.82) is 0 Å². The number of benzene rings is 2. The number of methoxy groups -OCH3 is 2. The van der Waals surface area contributed by atoms with E-state index in [1.165, 1.54) is 0 Å². The molecule has 1 fully saturated rings. The summed E-state index contributed by atoms with van der Waals surface area (Å²) in [5.41, 5.74) is 1.94. The summed E-state index contributed by atoms with van der Waals surface area (Å²) in [7, 11) is 3.16. The standard InChI is InChI=1S/C30H34N2O6/c1-30(2)10-8-21-25(38-30)7-6-22(29(21)35-4)28(33)20-9-11-31-24-19-27(26(34-3)18-23(20)24)37-15-5-12-32-13-16-36-17-14-32/h6-11,18-19H,5,12-17H2,1-4H3. The molecular formula is C30H34N2O6. The van der Waals surface area contributed by atoms with Gasteiger partial charge in [-0.15, -0.1) is 0 Å². The molecule has 0 atom stereocenters. The van der Waals surface area contributed by atoms with Crippen molar-refractivity contribution < 1.29 is 28.5 Å². The molecule has 3 heterocycles. The van der Waals surface area contributed by atoms with Crippen LogP contribution in [-0.4, -0.2) is 74.9 Å². The van der Waals surface area contributed by atoms with E-state index in [9.17, 15) is 4.79 Å². The Bertz CT molecular complexity index is 1360. The molecule has 5 rings (SSSR count). The summed E-state index contributed by atoms with van der Waals surface area (Å²) < 4.78 is 28.9. The van der Waals surface area contributed by atoms with Gasteiger partial charge in [0.1, 0.15) is 17.1 Å². The molecule has 3 aromatic rings. The predicted octanol–water partition coefficient (Wildman–Crippen LogP) is 4.77. The average Bonchev–Trinajstić information content (AvgIpc) is 2.93. The van der Waals surface area contributed by atoms with Crippen molar-refractivity contribution in [3.05, 3.63) is 59.3 Å².